The van der Waals surface area contributed by atoms with E-state index in [9.17, 15) is 10.2 Å². The Hall–Kier alpha value is -1.18. The molecule has 1 aromatic carbocycles. The van der Waals surface area contributed by atoms with E-state index in [4.69, 9.17) is 0 Å². The first-order valence-corrected chi connectivity index (χ1v) is 4.67. The van der Waals surface area contributed by atoms with Gasteiger partial charge >= 0.3 is 0 Å². The van der Waals surface area contributed by atoms with Gasteiger partial charge in [-0.05, 0) is 30.9 Å². The van der Waals surface area contributed by atoms with Crippen molar-refractivity contribution in [2.75, 3.05) is 0 Å². The first kappa shape index (κ1) is 9.90. The highest BCUT2D eigenvalue weighted by atomic mass is 16.3. The van der Waals surface area contributed by atoms with Gasteiger partial charge in [0.15, 0.2) is 11.5 Å². The molecule has 0 unspecified atom stereocenters. The quantitative estimate of drug-likeness (QED) is 0.702. The van der Waals surface area contributed by atoms with Crippen LogP contribution in [0.15, 0.2) is 12.1 Å². The molecule has 2 nitrogen and oxygen atoms in total. The summed E-state index contributed by atoms with van der Waals surface area (Å²) in [5.74, 6) is 0.0713. The molecular formula is C11H16O2. The van der Waals surface area contributed by atoms with Crippen LogP contribution in [0.2, 0.25) is 0 Å². The summed E-state index contributed by atoms with van der Waals surface area (Å²) in [6.45, 7) is 3.88. The topological polar surface area (TPSA) is 40.5 Å². The fraction of sp³-hybridized carbons (Fsp3) is 0.455. The SMILES string of the molecule is CCCCc1ccc(C)c(O)c1O. The second kappa shape index (κ2) is 4.17. The van der Waals surface area contributed by atoms with E-state index in [0.29, 0.717) is 0 Å². The maximum Gasteiger partial charge on any atom is 0.160 e. The number of phenolic OH excluding ortho intramolecular Hbond substituents is 2. The van der Waals surface area contributed by atoms with E-state index in [2.05, 4.69) is 6.92 Å². The number of aromatic hydroxyl groups is 2. The minimum atomic E-state index is 0.0219. The van der Waals surface area contributed by atoms with Gasteiger partial charge in [0.05, 0.1) is 0 Å². The van der Waals surface area contributed by atoms with Crippen molar-refractivity contribution in [1.82, 2.24) is 0 Å². The van der Waals surface area contributed by atoms with Crippen LogP contribution in [0.5, 0.6) is 11.5 Å². The van der Waals surface area contributed by atoms with Crippen LogP contribution < -0.4 is 0 Å². The molecule has 0 aliphatic carbocycles. The molecule has 2 heteroatoms. The summed E-state index contributed by atoms with van der Waals surface area (Å²) < 4.78 is 0. The number of rotatable bonds is 3. The van der Waals surface area contributed by atoms with Crippen molar-refractivity contribution in [2.24, 2.45) is 0 Å². The van der Waals surface area contributed by atoms with Gasteiger partial charge in [0.25, 0.3) is 0 Å². The highest BCUT2D eigenvalue weighted by Gasteiger charge is 2.07. The molecule has 72 valence electrons. The Morgan fingerprint density at radius 3 is 2.46 bits per heavy atom. The zero-order valence-corrected chi connectivity index (χ0v) is 8.17. The van der Waals surface area contributed by atoms with Gasteiger partial charge in [-0.15, -0.1) is 0 Å². The summed E-state index contributed by atoms with van der Waals surface area (Å²) in [6.07, 6.45) is 2.96. The smallest absolute Gasteiger partial charge is 0.160 e. The average Bonchev–Trinajstić information content (AvgIpc) is 2.13. The highest BCUT2D eigenvalue weighted by Crippen LogP contribution is 2.32. The summed E-state index contributed by atoms with van der Waals surface area (Å²) in [5, 5.41) is 19.0. The Morgan fingerprint density at radius 1 is 1.15 bits per heavy atom. The molecule has 0 spiro atoms. The van der Waals surface area contributed by atoms with Crippen LogP contribution in [-0.4, -0.2) is 10.2 Å². The molecule has 0 saturated heterocycles. The third kappa shape index (κ3) is 2.14. The van der Waals surface area contributed by atoms with Crippen LogP contribution >= 0.6 is 0 Å². The summed E-state index contributed by atoms with van der Waals surface area (Å²) in [5.41, 5.74) is 1.56. The Balaban J connectivity index is 2.90. The van der Waals surface area contributed by atoms with E-state index in [0.717, 1.165) is 30.4 Å². The number of benzene rings is 1. The Bertz CT molecular complexity index is 292. The lowest BCUT2D eigenvalue weighted by molar-refractivity contribution is 0.396. The minimum Gasteiger partial charge on any atom is -0.504 e. The molecule has 0 amide bonds. The molecule has 0 aliphatic rings. The molecule has 2 N–H and O–H groups in total. The van der Waals surface area contributed by atoms with E-state index in [-0.39, 0.29) is 11.5 Å². The number of hydrogen-bond acceptors (Lipinski definition) is 2. The van der Waals surface area contributed by atoms with Crippen molar-refractivity contribution in [2.45, 2.75) is 33.1 Å². The fourth-order valence-corrected chi connectivity index (χ4v) is 1.29. The second-order valence-electron chi connectivity index (χ2n) is 3.34. The van der Waals surface area contributed by atoms with Crippen molar-refractivity contribution in [3.05, 3.63) is 23.3 Å². The fourth-order valence-electron chi connectivity index (χ4n) is 1.29. The van der Waals surface area contributed by atoms with E-state index >= 15 is 0 Å². The van der Waals surface area contributed by atoms with E-state index in [1.54, 1.807) is 6.92 Å². The van der Waals surface area contributed by atoms with Crippen LogP contribution in [0.3, 0.4) is 0 Å². The van der Waals surface area contributed by atoms with Crippen LogP contribution in [0.4, 0.5) is 0 Å². The van der Waals surface area contributed by atoms with E-state index in [1.807, 2.05) is 12.1 Å². The van der Waals surface area contributed by atoms with Gasteiger partial charge in [0.1, 0.15) is 0 Å². The standard InChI is InChI=1S/C11H16O2/c1-3-4-5-9-7-6-8(2)10(12)11(9)13/h6-7,12-13H,3-5H2,1-2H3. The van der Waals surface area contributed by atoms with Gasteiger partial charge in [0, 0.05) is 0 Å². The maximum atomic E-state index is 9.56. The monoisotopic (exact) mass is 180 g/mol. The van der Waals surface area contributed by atoms with Crippen molar-refractivity contribution < 1.29 is 10.2 Å². The van der Waals surface area contributed by atoms with E-state index < -0.39 is 0 Å². The number of hydrogen-bond donors (Lipinski definition) is 2. The number of aryl methyl sites for hydroxylation is 2. The maximum absolute atomic E-state index is 9.56. The Morgan fingerprint density at radius 2 is 1.85 bits per heavy atom. The summed E-state index contributed by atoms with van der Waals surface area (Å²) >= 11 is 0. The number of phenols is 2. The average molecular weight is 180 g/mol. The first-order valence-electron chi connectivity index (χ1n) is 4.67. The van der Waals surface area contributed by atoms with Crippen LogP contribution in [0, 0.1) is 6.92 Å². The zero-order chi connectivity index (χ0) is 9.84. The van der Waals surface area contributed by atoms with Crippen LogP contribution in [0.1, 0.15) is 30.9 Å². The Kier molecular flexibility index (Phi) is 3.18. The van der Waals surface area contributed by atoms with E-state index in [1.165, 1.54) is 0 Å². The summed E-state index contributed by atoms with van der Waals surface area (Å²) in [6, 6.07) is 3.71. The number of unbranched alkanes of at least 4 members (excludes halogenated alkanes) is 1. The third-order valence-electron chi connectivity index (χ3n) is 2.24. The Labute approximate surface area is 78.8 Å². The zero-order valence-electron chi connectivity index (χ0n) is 8.17. The molecule has 0 aromatic heterocycles. The minimum absolute atomic E-state index is 0.0219. The molecule has 0 heterocycles. The molecule has 13 heavy (non-hydrogen) atoms. The van der Waals surface area contributed by atoms with Crippen molar-refractivity contribution in [3.63, 3.8) is 0 Å². The molecule has 0 aliphatic heterocycles. The molecular weight excluding hydrogens is 164 g/mol. The molecule has 0 atom stereocenters. The largest absolute Gasteiger partial charge is 0.504 e. The molecule has 1 rings (SSSR count). The third-order valence-corrected chi connectivity index (χ3v) is 2.24. The summed E-state index contributed by atoms with van der Waals surface area (Å²) in [7, 11) is 0. The summed E-state index contributed by atoms with van der Waals surface area (Å²) in [4.78, 5) is 0. The lowest BCUT2D eigenvalue weighted by Gasteiger charge is -2.07. The van der Waals surface area contributed by atoms with Gasteiger partial charge in [-0.1, -0.05) is 25.5 Å². The lowest BCUT2D eigenvalue weighted by atomic mass is 10.0. The second-order valence-corrected chi connectivity index (χ2v) is 3.34. The molecule has 0 bridgehead atoms. The molecule has 1 aromatic rings. The van der Waals surface area contributed by atoms with Gasteiger partial charge in [0.2, 0.25) is 0 Å². The van der Waals surface area contributed by atoms with Crippen molar-refractivity contribution >= 4 is 0 Å². The predicted molar refractivity (Wildman–Crippen MR) is 53.1 cm³/mol. The van der Waals surface area contributed by atoms with Gasteiger partial charge < -0.3 is 10.2 Å². The van der Waals surface area contributed by atoms with Crippen molar-refractivity contribution in [3.8, 4) is 11.5 Å². The van der Waals surface area contributed by atoms with Crippen molar-refractivity contribution in [1.29, 1.82) is 0 Å². The lowest BCUT2D eigenvalue weighted by Crippen LogP contribution is -1.87. The van der Waals surface area contributed by atoms with Gasteiger partial charge in [-0.3, -0.25) is 0 Å². The molecule has 0 fully saturated rings. The van der Waals surface area contributed by atoms with Gasteiger partial charge in [-0.25, -0.2) is 0 Å². The normalized spacial score (nSPS) is 10.3. The molecule has 0 saturated carbocycles. The van der Waals surface area contributed by atoms with Gasteiger partial charge in [-0.2, -0.15) is 0 Å². The van der Waals surface area contributed by atoms with Crippen LogP contribution in [0.25, 0.3) is 0 Å². The predicted octanol–water partition coefficient (Wildman–Crippen LogP) is 2.75. The first-order chi connectivity index (χ1) is 6.16. The highest BCUT2D eigenvalue weighted by molar-refractivity contribution is 5.49. The molecule has 0 radical (unpaired) electrons. The van der Waals surface area contributed by atoms with Crippen LogP contribution in [-0.2, 0) is 6.42 Å².